The van der Waals surface area contributed by atoms with Crippen molar-refractivity contribution in [3.63, 3.8) is 0 Å². The van der Waals surface area contributed by atoms with Crippen molar-refractivity contribution in [2.24, 2.45) is 11.7 Å². The van der Waals surface area contributed by atoms with Crippen LogP contribution < -0.4 is 11.1 Å². The second-order valence-corrected chi connectivity index (χ2v) is 6.00. The molecule has 0 saturated heterocycles. The largest absolute Gasteiger partial charge is 0.368 e. The number of hydrogen-bond donors (Lipinski definition) is 2. The third-order valence-corrected chi connectivity index (χ3v) is 5.01. The number of hydrogen-bond acceptors (Lipinski definition) is 5. The maximum absolute atomic E-state index is 11.9. The number of primary amides is 1. The highest BCUT2D eigenvalue weighted by molar-refractivity contribution is 7.99. The lowest BCUT2D eigenvalue weighted by atomic mass is 9.95. The molecule has 1 amide bonds. The van der Waals surface area contributed by atoms with Crippen LogP contribution in [0.1, 0.15) is 12.8 Å². The Bertz CT molecular complexity index is 638. The molecule has 1 aliphatic rings. The summed E-state index contributed by atoms with van der Waals surface area (Å²) in [5.41, 5.74) is 5.77. The quantitative estimate of drug-likeness (QED) is 0.764. The van der Waals surface area contributed by atoms with Gasteiger partial charge >= 0.3 is 0 Å². The maximum Gasteiger partial charge on any atom is 0.238 e. The fraction of sp³-hybridized carbons (Fsp3) is 0.462. The van der Waals surface area contributed by atoms with Gasteiger partial charge in [-0.1, -0.05) is 17.8 Å². The second kappa shape index (κ2) is 5.06. The lowest BCUT2D eigenvalue weighted by molar-refractivity contribution is -0.124. The van der Waals surface area contributed by atoms with E-state index < -0.39 is 5.54 Å². The van der Waals surface area contributed by atoms with E-state index in [1.807, 2.05) is 28.8 Å². The Morgan fingerprint density at radius 1 is 1.55 bits per heavy atom. The minimum Gasteiger partial charge on any atom is -0.368 e. The molecular formula is C13H17N5OS. The van der Waals surface area contributed by atoms with Crippen LogP contribution in [0.15, 0.2) is 29.6 Å². The van der Waals surface area contributed by atoms with Gasteiger partial charge in [-0.2, -0.15) is 0 Å². The number of nitrogens with one attached hydrogen (secondary N) is 1. The Balaban J connectivity index is 1.82. The monoisotopic (exact) mass is 291 g/mol. The Morgan fingerprint density at radius 2 is 2.35 bits per heavy atom. The molecular weight excluding hydrogens is 274 g/mol. The van der Waals surface area contributed by atoms with Crippen molar-refractivity contribution in [2.45, 2.75) is 23.5 Å². The van der Waals surface area contributed by atoms with E-state index in [2.05, 4.69) is 15.5 Å². The van der Waals surface area contributed by atoms with Crippen molar-refractivity contribution in [3.05, 3.63) is 24.4 Å². The first-order chi connectivity index (χ1) is 9.67. The summed E-state index contributed by atoms with van der Waals surface area (Å²) in [6.45, 7) is 0. The van der Waals surface area contributed by atoms with Crippen LogP contribution in [0.2, 0.25) is 0 Å². The lowest BCUT2D eigenvalue weighted by Crippen LogP contribution is -2.57. The standard InChI is InChI=1S/C13H17N5OS/c1-15-13(11(14)19,9-5-6-9)8-20-12-17-16-10-4-2-3-7-18(10)12/h2-4,7,9,15H,5-6,8H2,1H3,(H2,14,19). The van der Waals surface area contributed by atoms with Gasteiger partial charge in [-0.05, 0) is 37.9 Å². The first-order valence-corrected chi connectivity index (χ1v) is 7.57. The van der Waals surface area contributed by atoms with Gasteiger partial charge in [0.05, 0.1) is 0 Å². The SMILES string of the molecule is CNC(CSc1nnc2ccccn12)(C(N)=O)C1CC1. The third kappa shape index (κ3) is 2.16. The van der Waals surface area contributed by atoms with Crippen molar-refractivity contribution in [1.82, 2.24) is 19.9 Å². The molecule has 0 bridgehead atoms. The second-order valence-electron chi connectivity index (χ2n) is 5.06. The van der Waals surface area contributed by atoms with E-state index >= 15 is 0 Å². The number of nitrogens with two attached hydrogens (primary N) is 1. The number of carbonyl (C=O) groups is 1. The molecule has 2 heterocycles. The molecule has 2 aromatic rings. The Labute approximate surface area is 121 Å². The summed E-state index contributed by atoms with van der Waals surface area (Å²) in [7, 11) is 1.80. The molecule has 3 N–H and O–H groups in total. The summed E-state index contributed by atoms with van der Waals surface area (Å²) in [4.78, 5) is 11.9. The molecule has 2 aromatic heterocycles. The van der Waals surface area contributed by atoms with E-state index in [-0.39, 0.29) is 5.91 Å². The van der Waals surface area contributed by atoms with Crippen molar-refractivity contribution in [2.75, 3.05) is 12.8 Å². The van der Waals surface area contributed by atoms with E-state index in [1.165, 1.54) is 11.8 Å². The van der Waals surface area contributed by atoms with E-state index in [0.29, 0.717) is 11.7 Å². The normalized spacial score (nSPS) is 18.1. The first kappa shape index (κ1) is 13.4. The van der Waals surface area contributed by atoms with Gasteiger partial charge in [0.25, 0.3) is 0 Å². The highest BCUT2D eigenvalue weighted by atomic mass is 32.2. The van der Waals surface area contributed by atoms with Crippen molar-refractivity contribution in [1.29, 1.82) is 0 Å². The van der Waals surface area contributed by atoms with Gasteiger partial charge in [0.15, 0.2) is 10.8 Å². The van der Waals surface area contributed by atoms with Crippen LogP contribution in [0.4, 0.5) is 0 Å². The summed E-state index contributed by atoms with van der Waals surface area (Å²) in [6, 6.07) is 5.75. The molecule has 0 radical (unpaired) electrons. The fourth-order valence-corrected chi connectivity index (χ4v) is 3.73. The smallest absolute Gasteiger partial charge is 0.238 e. The van der Waals surface area contributed by atoms with Crippen LogP contribution >= 0.6 is 11.8 Å². The number of pyridine rings is 1. The minimum atomic E-state index is -0.648. The average molecular weight is 291 g/mol. The van der Waals surface area contributed by atoms with Crippen LogP contribution in [-0.2, 0) is 4.79 Å². The molecule has 6 nitrogen and oxygen atoms in total. The molecule has 0 aromatic carbocycles. The Kier molecular flexibility index (Phi) is 3.39. The van der Waals surface area contributed by atoms with Crippen LogP contribution in [0.3, 0.4) is 0 Å². The average Bonchev–Trinajstić information content (AvgIpc) is 3.22. The first-order valence-electron chi connectivity index (χ1n) is 6.59. The molecule has 0 aliphatic heterocycles. The van der Waals surface area contributed by atoms with Crippen LogP contribution in [0, 0.1) is 5.92 Å². The van der Waals surface area contributed by atoms with Gasteiger partial charge in [0, 0.05) is 11.9 Å². The topological polar surface area (TPSA) is 85.3 Å². The Morgan fingerprint density at radius 3 is 3.00 bits per heavy atom. The molecule has 1 aliphatic carbocycles. The molecule has 1 unspecified atom stereocenters. The molecule has 1 atom stereocenters. The summed E-state index contributed by atoms with van der Waals surface area (Å²) >= 11 is 1.51. The van der Waals surface area contributed by atoms with Gasteiger partial charge in [0.1, 0.15) is 5.54 Å². The fourth-order valence-electron chi connectivity index (χ4n) is 2.46. The predicted molar refractivity (Wildman–Crippen MR) is 77.4 cm³/mol. The lowest BCUT2D eigenvalue weighted by Gasteiger charge is -2.29. The predicted octanol–water partition coefficient (Wildman–Crippen LogP) is 0.675. The minimum absolute atomic E-state index is 0.288. The third-order valence-electron chi connectivity index (χ3n) is 3.87. The number of nitrogens with zero attached hydrogens (tertiary/aromatic N) is 3. The number of carbonyl (C=O) groups excluding carboxylic acids is 1. The van der Waals surface area contributed by atoms with Crippen molar-refractivity contribution < 1.29 is 4.79 Å². The molecule has 3 rings (SSSR count). The number of amides is 1. The number of fused-ring (bicyclic) bond motifs is 1. The summed E-state index contributed by atoms with van der Waals surface area (Å²) < 4.78 is 1.92. The number of likely N-dealkylation sites (N-methyl/N-ethyl adjacent to an activating group) is 1. The molecule has 0 spiro atoms. The summed E-state index contributed by atoms with van der Waals surface area (Å²) in [6.07, 6.45) is 4.01. The molecule has 1 fully saturated rings. The van der Waals surface area contributed by atoms with E-state index in [4.69, 9.17) is 5.73 Å². The van der Waals surface area contributed by atoms with Gasteiger partial charge in [-0.25, -0.2) is 0 Å². The van der Waals surface area contributed by atoms with E-state index in [9.17, 15) is 4.79 Å². The highest BCUT2D eigenvalue weighted by Crippen LogP contribution is 2.41. The summed E-state index contributed by atoms with van der Waals surface area (Å²) in [5, 5.41) is 12.2. The van der Waals surface area contributed by atoms with Gasteiger partial charge in [-0.3, -0.25) is 9.20 Å². The number of thioether (sulfide) groups is 1. The number of rotatable bonds is 6. The van der Waals surface area contributed by atoms with Gasteiger partial charge in [0.2, 0.25) is 5.91 Å². The van der Waals surface area contributed by atoms with Crippen LogP contribution in [-0.4, -0.2) is 38.8 Å². The molecule has 7 heteroatoms. The van der Waals surface area contributed by atoms with E-state index in [1.54, 1.807) is 7.05 Å². The van der Waals surface area contributed by atoms with Crippen molar-refractivity contribution in [3.8, 4) is 0 Å². The van der Waals surface area contributed by atoms with Crippen LogP contribution in [0.25, 0.3) is 5.65 Å². The molecule has 20 heavy (non-hydrogen) atoms. The molecule has 1 saturated carbocycles. The Hall–Kier alpha value is -1.60. The van der Waals surface area contributed by atoms with Crippen LogP contribution in [0.5, 0.6) is 0 Å². The highest BCUT2D eigenvalue weighted by Gasteiger charge is 2.48. The summed E-state index contributed by atoms with van der Waals surface area (Å²) in [5.74, 6) is 0.611. The van der Waals surface area contributed by atoms with Gasteiger partial charge in [-0.15, -0.1) is 10.2 Å². The number of aromatic nitrogens is 3. The zero-order chi connectivity index (χ0) is 14.2. The maximum atomic E-state index is 11.9. The van der Waals surface area contributed by atoms with Crippen molar-refractivity contribution >= 4 is 23.3 Å². The van der Waals surface area contributed by atoms with Gasteiger partial charge < -0.3 is 11.1 Å². The zero-order valence-corrected chi connectivity index (χ0v) is 12.1. The zero-order valence-electron chi connectivity index (χ0n) is 11.2. The van der Waals surface area contributed by atoms with E-state index in [0.717, 1.165) is 23.6 Å². The molecule has 106 valence electrons.